The highest BCUT2D eigenvalue weighted by Gasteiger charge is 1.80. The molecule has 0 aromatic heterocycles. The summed E-state index contributed by atoms with van der Waals surface area (Å²) in [5.74, 6) is -0.481. The summed E-state index contributed by atoms with van der Waals surface area (Å²) < 4.78 is 0. The van der Waals surface area contributed by atoms with Crippen molar-refractivity contribution in [2.75, 3.05) is 6.73 Å². The predicted molar refractivity (Wildman–Crippen MR) is 39.2 cm³/mol. The third-order valence-corrected chi connectivity index (χ3v) is 0.454. The molecule has 6 nitrogen and oxygen atoms in total. The summed E-state index contributed by atoms with van der Waals surface area (Å²) in [5, 5.41) is 9.73. The first kappa shape index (κ1) is 12.1. The van der Waals surface area contributed by atoms with Crippen molar-refractivity contribution in [1.29, 1.82) is 0 Å². The number of nitrogens with two attached hydrogens (primary N) is 2. The molecule has 0 radical (unpaired) electrons. The smallest absolute Gasteiger partial charge is 0.313 e. The molecule has 0 aromatic carbocycles. The van der Waals surface area contributed by atoms with Gasteiger partial charge in [-0.05, 0) is 6.08 Å². The molecule has 0 saturated heterocycles. The minimum Gasteiger partial charge on any atom is -0.376 e. The topological polar surface area (TPSA) is 118 Å². The van der Waals surface area contributed by atoms with Gasteiger partial charge in [0.2, 0.25) is 5.91 Å². The van der Waals surface area contributed by atoms with Gasteiger partial charge in [-0.15, -0.1) is 0 Å². The Labute approximate surface area is 63.9 Å². The second kappa shape index (κ2) is 8.44. The first-order chi connectivity index (χ1) is 5.04. The van der Waals surface area contributed by atoms with Crippen LogP contribution in [0.5, 0.6) is 0 Å². The summed E-state index contributed by atoms with van der Waals surface area (Å²) in [5.41, 5.74) is 9.03. The number of amides is 3. The van der Waals surface area contributed by atoms with E-state index in [1.54, 1.807) is 0 Å². The molecule has 0 fully saturated rings. The van der Waals surface area contributed by atoms with Crippen LogP contribution in [0.1, 0.15) is 0 Å². The van der Waals surface area contributed by atoms with Crippen molar-refractivity contribution >= 4 is 11.9 Å². The van der Waals surface area contributed by atoms with E-state index in [1.807, 2.05) is 5.32 Å². The highest BCUT2D eigenvalue weighted by Crippen LogP contribution is 1.48. The fourth-order valence-electron chi connectivity index (χ4n) is 0.0779. The number of carbonyl (C=O) groups is 2. The highest BCUT2D eigenvalue weighted by atomic mass is 16.3. The number of primary amides is 2. The average Bonchev–Trinajstić information content (AvgIpc) is 1.89. The Kier molecular flexibility index (Phi) is 9.32. The van der Waals surface area contributed by atoms with Gasteiger partial charge in [0.05, 0.1) is 0 Å². The van der Waals surface area contributed by atoms with E-state index in [0.717, 1.165) is 6.08 Å². The lowest BCUT2D eigenvalue weighted by Crippen LogP contribution is -2.29. The summed E-state index contributed by atoms with van der Waals surface area (Å²) in [7, 11) is 0. The highest BCUT2D eigenvalue weighted by molar-refractivity contribution is 5.84. The fourth-order valence-corrected chi connectivity index (χ4v) is 0.0779. The Bertz CT molecular complexity index is 146. The molecule has 0 heterocycles. The molecule has 64 valence electrons. The van der Waals surface area contributed by atoms with Gasteiger partial charge in [-0.2, -0.15) is 0 Å². The normalized spacial score (nSPS) is 7.00. The molecule has 6 N–H and O–H groups in total. The van der Waals surface area contributed by atoms with Crippen molar-refractivity contribution in [1.82, 2.24) is 5.32 Å². The standard InChI is InChI=1S/C3H5NO.C2H6N2O2/c1-2-3(4)5;3-2(6)4-1-5/h2H,1H2,(H2,4,5);5H,1H2,(H3,3,4,6). The largest absolute Gasteiger partial charge is 0.376 e. The maximum atomic E-state index is 9.55. The van der Waals surface area contributed by atoms with E-state index < -0.39 is 18.7 Å². The van der Waals surface area contributed by atoms with Crippen LogP contribution in [0.15, 0.2) is 12.7 Å². The second-order valence-electron chi connectivity index (χ2n) is 1.31. The minimum absolute atomic E-state index is 0.394. The molecule has 3 amide bonds. The van der Waals surface area contributed by atoms with Gasteiger partial charge in [0.25, 0.3) is 0 Å². The van der Waals surface area contributed by atoms with Crippen LogP contribution < -0.4 is 16.8 Å². The van der Waals surface area contributed by atoms with Crippen molar-refractivity contribution in [3.05, 3.63) is 12.7 Å². The maximum Gasteiger partial charge on any atom is 0.313 e. The van der Waals surface area contributed by atoms with Crippen molar-refractivity contribution < 1.29 is 14.7 Å². The molecule has 0 atom stereocenters. The molecule has 0 saturated carbocycles. The number of nitrogens with one attached hydrogen (secondary N) is 1. The molecule has 0 aliphatic carbocycles. The number of hydrogen-bond acceptors (Lipinski definition) is 3. The van der Waals surface area contributed by atoms with Gasteiger partial charge < -0.3 is 21.9 Å². The Morgan fingerprint density at radius 3 is 1.91 bits per heavy atom. The van der Waals surface area contributed by atoms with Gasteiger partial charge in [-0.3, -0.25) is 4.79 Å². The second-order valence-corrected chi connectivity index (χ2v) is 1.31. The SMILES string of the molecule is C=CC(N)=O.NC(=O)NCO. The van der Waals surface area contributed by atoms with Gasteiger partial charge in [0.15, 0.2) is 0 Å². The van der Waals surface area contributed by atoms with Crippen LogP contribution in [0.2, 0.25) is 0 Å². The van der Waals surface area contributed by atoms with Crippen LogP contribution in [0.4, 0.5) is 4.79 Å². The van der Waals surface area contributed by atoms with E-state index in [4.69, 9.17) is 5.11 Å². The number of carbonyl (C=O) groups excluding carboxylic acids is 2. The Balaban J connectivity index is 0. The van der Waals surface area contributed by atoms with Crippen LogP contribution >= 0.6 is 0 Å². The van der Waals surface area contributed by atoms with Crippen LogP contribution in [-0.2, 0) is 4.79 Å². The zero-order valence-corrected chi connectivity index (χ0v) is 5.91. The van der Waals surface area contributed by atoms with E-state index in [2.05, 4.69) is 18.0 Å². The average molecular weight is 161 g/mol. The summed E-state index contributed by atoms with van der Waals surface area (Å²) in [6.45, 7) is 2.69. The zero-order chi connectivity index (χ0) is 9.28. The van der Waals surface area contributed by atoms with E-state index in [-0.39, 0.29) is 0 Å². The number of aliphatic hydroxyl groups excluding tert-OH is 1. The summed E-state index contributed by atoms with van der Waals surface area (Å²) in [6, 6.07) is -0.711. The van der Waals surface area contributed by atoms with Crippen LogP contribution in [-0.4, -0.2) is 23.8 Å². The molecule has 6 heteroatoms. The van der Waals surface area contributed by atoms with Crippen LogP contribution in [0, 0.1) is 0 Å². The minimum atomic E-state index is -0.711. The van der Waals surface area contributed by atoms with E-state index in [0.29, 0.717) is 0 Å². The number of aliphatic hydroxyl groups is 1. The lowest BCUT2D eigenvalue weighted by atomic mass is 10.6. The molecule has 0 aliphatic heterocycles. The van der Waals surface area contributed by atoms with E-state index >= 15 is 0 Å². The molecular weight excluding hydrogens is 150 g/mol. The molecule has 0 unspecified atom stereocenters. The number of urea groups is 1. The Morgan fingerprint density at radius 2 is 1.91 bits per heavy atom. The molecule has 11 heavy (non-hydrogen) atoms. The molecular formula is C5H11N3O3. The molecule has 0 rings (SSSR count). The van der Waals surface area contributed by atoms with Gasteiger partial charge in [0, 0.05) is 0 Å². The van der Waals surface area contributed by atoms with Gasteiger partial charge in [-0.25, -0.2) is 4.79 Å². The fraction of sp³-hybridized carbons (Fsp3) is 0.200. The first-order valence-electron chi connectivity index (χ1n) is 2.60. The molecule has 0 spiro atoms. The van der Waals surface area contributed by atoms with Gasteiger partial charge in [0.1, 0.15) is 6.73 Å². The summed E-state index contributed by atoms with van der Waals surface area (Å²) in [4.78, 5) is 19.0. The molecule has 0 bridgehead atoms. The van der Waals surface area contributed by atoms with E-state index in [1.165, 1.54) is 0 Å². The van der Waals surface area contributed by atoms with E-state index in [9.17, 15) is 9.59 Å². The third kappa shape index (κ3) is 29.6. The lowest BCUT2D eigenvalue weighted by Gasteiger charge is -1.88. The maximum absolute atomic E-state index is 9.55. The summed E-state index contributed by atoms with van der Waals surface area (Å²) in [6.07, 6.45) is 1.06. The zero-order valence-electron chi connectivity index (χ0n) is 5.91. The summed E-state index contributed by atoms with van der Waals surface area (Å²) >= 11 is 0. The van der Waals surface area contributed by atoms with Gasteiger partial charge in [-0.1, -0.05) is 6.58 Å². The predicted octanol–water partition coefficient (Wildman–Crippen LogP) is -1.74. The van der Waals surface area contributed by atoms with Gasteiger partial charge >= 0.3 is 6.03 Å². The third-order valence-electron chi connectivity index (χ3n) is 0.454. The van der Waals surface area contributed by atoms with Crippen LogP contribution in [0.25, 0.3) is 0 Å². The molecule has 0 aliphatic rings. The van der Waals surface area contributed by atoms with Crippen molar-refractivity contribution in [3.63, 3.8) is 0 Å². The number of hydrogen-bond donors (Lipinski definition) is 4. The number of rotatable bonds is 2. The first-order valence-corrected chi connectivity index (χ1v) is 2.60. The Hall–Kier alpha value is -1.56. The molecule has 0 aromatic rings. The van der Waals surface area contributed by atoms with Crippen molar-refractivity contribution in [2.24, 2.45) is 11.5 Å². The Morgan fingerprint density at radius 1 is 1.55 bits per heavy atom. The van der Waals surface area contributed by atoms with Crippen molar-refractivity contribution in [2.45, 2.75) is 0 Å². The lowest BCUT2D eigenvalue weighted by molar-refractivity contribution is -0.113. The quantitative estimate of drug-likeness (QED) is 0.284. The van der Waals surface area contributed by atoms with Crippen molar-refractivity contribution in [3.8, 4) is 0 Å². The monoisotopic (exact) mass is 161 g/mol. The van der Waals surface area contributed by atoms with Crippen LogP contribution in [0.3, 0.4) is 0 Å².